The van der Waals surface area contributed by atoms with E-state index in [1.54, 1.807) is 13.8 Å². The maximum atomic E-state index is 13.2. The Morgan fingerprint density at radius 2 is 1.31 bits per heavy atom. The van der Waals surface area contributed by atoms with Crippen LogP contribution in [0.3, 0.4) is 0 Å². The highest BCUT2D eigenvalue weighted by Gasteiger charge is 2.37. The van der Waals surface area contributed by atoms with Crippen molar-refractivity contribution < 1.29 is 37.7 Å². The monoisotopic (exact) mass is 570 g/mol. The fourth-order valence-electron chi connectivity index (χ4n) is 4.19. The van der Waals surface area contributed by atoms with E-state index in [2.05, 4.69) is 15.2 Å². The Labute approximate surface area is 235 Å². The number of phosphoric acid groups is 1. The van der Waals surface area contributed by atoms with Crippen LogP contribution < -0.4 is 10.6 Å². The molecule has 0 aliphatic carbocycles. The summed E-state index contributed by atoms with van der Waals surface area (Å²) in [6, 6.07) is 0. The highest BCUT2D eigenvalue weighted by atomic mass is 31.2. The summed E-state index contributed by atoms with van der Waals surface area (Å²) in [6.45, 7) is 7.21. The average molecular weight is 570 g/mol. The van der Waals surface area contributed by atoms with Gasteiger partial charge in [0.25, 0.3) is 0 Å². The summed E-state index contributed by atoms with van der Waals surface area (Å²) in [5, 5.41) is 5.49. The maximum absolute atomic E-state index is 13.2. The molecule has 0 saturated carbocycles. The van der Waals surface area contributed by atoms with E-state index in [4.69, 9.17) is 20.2 Å². The standard InChI is InChI=1S/C24H45B2N4O8P/c1-7-23(8-2,11-13-29(21(33)15-25)17-19(31)27-5)28-20(32)18-30(22(34)16-26)14-12-24(9-3,10-4)38-39(35,36)37-6/h7-18H2,1-6H3,(H,27,31)(H,28,32)(H,35,36). The molecule has 0 saturated heterocycles. The predicted molar refractivity (Wildman–Crippen MR) is 150 cm³/mol. The van der Waals surface area contributed by atoms with Crippen molar-refractivity contribution in [1.82, 2.24) is 20.4 Å². The second-order valence-electron chi connectivity index (χ2n) is 9.38. The molecule has 0 spiro atoms. The highest BCUT2D eigenvalue weighted by molar-refractivity contribution is 7.47. The molecule has 0 rings (SSSR count). The molecule has 0 heterocycles. The molecule has 3 N–H and O–H groups in total. The van der Waals surface area contributed by atoms with Gasteiger partial charge in [-0.25, -0.2) is 4.57 Å². The van der Waals surface area contributed by atoms with Crippen LogP contribution in [0.5, 0.6) is 0 Å². The SMILES string of the molecule is [B]CC(=O)N(CCC(CC)(CC)NC(=O)CN(CCC(CC)(CC)OP(=O)(O)OC)C(=O)C[B])CC(=O)NC. The van der Waals surface area contributed by atoms with Crippen LogP contribution in [0.4, 0.5) is 0 Å². The summed E-state index contributed by atoms with van der Waals surface area (Å²) in [5.74, 6) is -1.61. The van der Waals surface area contributed by atoms with E-state index in [-0.39, 0.29) is 57.1 Å². The van der Waals surface area contributed by atoms with Crippen molar-refractivity contribution in [3.63, 3.8) is 0 Å². The molecule has 4 amide bonds. The summed E-state index contributed by atoms with van der Waals surface area (Å²) in [4.78, 5) is 62.4. The number of rotatable bonds is 20. The molecule has 1 unspecified atom stereocenters. The molecule has 4 radical (unpaired) electrons. The second kappa shape index (κ2) is 17.7. The third kappa shape index (κ3) is 12.4. The van der Waals surface area contributed by atoms with E-state index in [0.717, 1.165) is 7.11 Å². The molecule has 0 aromatic carbocycles. The van der Waals surface area contributed by atoms with Gasteiger partial charge >= 0.3 is 7.82 Å². The summed E-state index contributed by atoms with van der Waals surface area (Å²) in [7, 11) is 9.36. The van der Waals surface area contributed by atoms with E-state index < -0.39 is 30.8 Å². The van der Waals surface area contributed by atoms with Crippen LogP contribution >= 0.6 is 7.82 Å². The number of amides is 4. The van der Waals surface area contributed by atoms with Crippen LogP contribution in [-0.2, 0) is 32.8 Å². The van der Waals surface area contributed by atoms with Gasteiger partial charge in [0.15, 0.2) is 0 Å². The number of carbonyl (C=O) groups excluding carboxylic acids is 4. The fraction of sp³-hybridized carbons (Fsp3) is 0.833. The van der Waals surface area contributed by atoms with Crippen LogP contribution in [0.25, 0.3) is 0 Å². The topological polar surface area (TPSA) is 155 Å². The minimum Gasteiger partial charge on any atom is -0.358 e. The van der Waals surface area contributed by atoms with E-state index in [1.165, 1.54) is 16.8 Å². The lowest BCUT2D eigenvalue weighted by Crippen LogP contribution is -2.54. The number of hydrogen-bond acceptors (Lipinski definition) is 7. The van der Waals surface area contributed by atoms with Gasteiger partial charge in [-0.1, -0.05) is 27.7 Å². The lowest BCUT2D eigenvalue weighted by atomic mass is 9.88. The molecule has 12 nitrogen and oxygen atoms in total. The molecule has 0 aliphatic heterocycles. The van der Waals surface area contributed by atoms with Gasteiger partial charge in [0.05, 0.1) is 34.4 Å². The van der Waals surface area contributed by atoms with Crippen molar-refractivity contribution in [2.75, 3.05) is 40.3 Å². The van der Waals surface area contributed by atoms with E-state index in [9.17, 15) is 28.6 Å². The molecule has 1 atom stereocenters. The molecule has 220 valence electrons. The number of nitrogens with one attached hydrogen (secondary N) is 2. The molecule has 0 aromatic rings. The molecular weight excluding hydrogens is 525 g/mol. The Hall–Kier alpha value is -1.88. The highest BCUT2D eigenvalue weighted by Crippen LogP contribution is 2.49. The minimum absolute atomic E-state index is 0.0605. The third-order valence-corrected chi connectivity index (χ3v) is 8.37. The summed E-state index contributed by atoms with van der Waals surface area (Å²) in [6.07, 6.45) is 1.79. The number of carbonyl (C=O) groups is 4. The minimum atomic E-state index is -4.29. The van der Waals surface area contributed by atoms with Crippen LogP contribution in [-0.4, -0.2) is 105 Å². The Balaban J connectivity index is 5.63. The van der Waals surface area contributed by atoms with E-state index in [0.29, 0.717) is 32.1 Å². The summed E-state index contributed by atoms with van der Waals surface area (Å²) >= 11 is 0. The molecular formula is C24H45B2N4O8P. The molecule has 0 aromatic heterocycles. The van der Waals surface area contributed by atoms with Gasteiger partial charge in [0.2, 0.25) is 23.6 Å². The normalized spacial score (nSPS) is 13.3. The molecule has 0 bridgehead atoms. The van der Waals surface area contributed by atoms with Crippen molar-refractivity contribution in [3.8, 4) is 0 Å². The lowest BCUT2D eigenvalue weighted by Gasteiger charge is -2.37. The summed E-state index contributed by atoms with van der Waals surface area (Å²) < 4.78 is 22.1. The molecule has 39 heavy (non-hydrogen) atoms. The quantitative estimate of drug-likeness (QED) is 0.146. The maximum Gasteiger partial charge on any atom is 0.472 e. The predicted octanol–water partition coefficient (Wildman–Crippen LogP) is 1.34. The van der Waals surface area contributed by atoms with Gasteiger partial charge in [-0.05, 0) is 51.2 Å². The Morgan fingerprint density at radius 1 is 0.846 bits per heavy atom. The first kappa shape index (κ1) is 37.1. The van der Waals surface area contributed by atoms with E-state index in [1.807, 2.05) is 13.8 Å². The zero-order chi connectivity index (χ0) is 30.3. The van der Waals surface area contributed by atoms with Crippen molar-refractivity contribution in [2.24, 2.45) is 0 Å². The smallest absolute Gasteiger partial charge is 0.358 e. The van der Waals surface area contributed by atoms with Gasteiger partial charge in [0.1, 0.15) is 0 Å². The number of likely N-dealkylation sites (N-methyl/N-ethyl adjacent to an activating group) is 1. The lowest BCUT2D eigenvalue weighted by molar-refractivity contribution is -0.136. The second-order valence-corrected chi connectivity index (χ2v) is 10.9. The van der Waals surface area contributed by atoms with Crippen molar-refractivity contribution in [3.05, 3.63) is 0 Å². The first-order chi connectivity index (χ1) is 18.3. The van der Waals surface area contributed by atoms with Crippen LogP contribution in [0.15, 0.2) is 0 Å². The first-order valence-corrected chi connectivity index (χ1v) is 14.8. The van der Waals surface area contributed by atoms with Crippen molar-refractivity contribution in [1.29, 1.82) is 0 Å². The molecule has 0 aliphatic rings. The van der Waals surface area contributed by atoms with Gasteiger partial charge < -0.3 is 25.3 Å². The zero-order valence-electron chi connectivity index (χ0n) is 24.3. The van der Waals surface area contributed by atoms with Gasteiger partial charge in [-0.3, -0.25) is 28.2 Å². The molecule has 0 fully saturated rings. The zero-order valence-corrected chi connectivity index (χ0v) is 25.2. The van der Waals surface area contributed by atoms with E-state index >= 15 is 0 Å². The van der Waals surface area contributed by atoms with Crippen LogP contribution in [0, 0.1) is 0 Å². The third-order valence-electron chi connectivity index (χ3n) is 7.29. The first-order valence-electron chi connectivity index (χ1n) is 13.3. The average Bonchev–Trinajstić information content (AvgIpc) is 2.94. The largest absolute Gasteiger partial charge is 0.472 e. The van der Waals surface area contributed by atoms with Crippen LogP contribution in [0.2, 0.25) is 12.6 Å². The number of hydrogen-bond donors (Lipinski definition) is 3. The number of phosphoric ester groups is 1. The number of nitrogens with zero attached hydrogens (tertiary/aromatic N) is 2. The van der Waals surface area contributed by atoms with Gasteiger partial charge in [0, 0.05) is 32.8 Å². The van der Waals surface area contributed by atoms with Crippen molar-refractivity contribution >= 4 is 47.1 Å². The Bertz CT molecular complexity index is 856. The molecule has 15 heteroatoms. The Kier molecular flexibility index (Phi) is 16.9. The fourth-order valence-corrected chi connectivity index (χ4v) is 5.11. The summed E-state index contributed by atoms with van der Waals surface area (Å²) in [5.41, 5.74) is -1.75. The van der Waals surface area contributed by atoms with Gasteiger partial charge in [-0.15, -0.1) is 0 Å². The van der Waals surface area contributed by atoms with Gasteiger partial charge in [-0.2, -0.15) is 0 Å². The van der Waals surface area contributed by atoms with Crippen LogP contribution in [0.1, 0.15) is 66.2 Å². The Morgan fingerprint density at radius 3 is 1.69 bits per heavy atom. The van der Waals surface area contributed by atoms with Crippen molar-refractivity contribution in [2.45, 2.75) is 90.0 Å².